The molecule has 22 heavy (non-hydrogen) atoms. The average Bonchev–Trinajstić information content (AvgIpc) is 2.45. The lowest BCUT2D eigenvalue weighted by molar-refractivity contribution is -0.384. The number of piperidine rings is 1. The predicted molar refractivity (Wildman–Crippen MR) is 81.3 cm³/mol. The number of amides is 2. The van der Waals surface area contributed by atoms with Crippen LogP contribution in [0.25, 0.3) is 0 Å². The maximum Gasteiger partial charge on any atom is 0.313 e. The largest absolute Gasteiger partial charge is 0.334 e. The van der Waals surface area contributed by atoms with Crippen molar-refractivity contribution in [2.45, 2.75) is 20.3 Å². The zero-order valence-corrected chi connectivity index (χ0v) is 12.6. The second-order valence-electron chi connectivity index (χ2n) is 5.92. The van der Waals surface area contributed by atoms with Gasteiger partial charge in [-0.2, -0.15) is 0 Å². The minimum absolute atomic E-state index is 0.134. The Labute approximate surface area is 128 Å². The van der Waals surface area contributed by atoms with E-state index in [-0.39, 0.29) is 11.4 Å². The van der Waals surface area contributed by atoms with Crippen LogP contribution in [-0.4, -0.2) is 34.7 Å². The fourth-order valence-corrected chi connectivity index (χ4v) is 2.85. The van der Waals surface area contributed by atoms with Crippen molar-refractivity contribution in [3.8, 4) is 0 Å². The van der Waals surface area contributed by atoms with Gasteiger partial charge in [-0.15, -0.1) is 0 Å². The van der Waals surface area contributed by atoms with Crippen molar-refractivity contribution < 1.29 is 14.5 Å². The molecular weight excluding hydrogens is 286 g/mol. The Hall–Kier alpha value is -2.44. The first-order valence-electron chi connectivity index (χ1n) is 7.21. The minimum Gasteiger partial charge on any atom is -0.334 e. The minimum atomic E-state index is -0.762. The predicted octanol–water partition coefficient (Wildman–Crippen LogP) is 2.04. The Morgan fingerprint density at radius 1 is 1.27 bits per heavy atom. The summed E-state index contributed by atoms with van der Waals surface area (Å²) in [6.07, 6.45) is 1.04. The van der Waals surface area contributed by atoms with E-state index in [4.69, 9.17) is 0 Å². The van der Waals surface area contributed by atoms with Crippen LogP contribution in [0.4, 0.5) is 11.4 Å². The van der Waals surface area contributed by atoms with Crippen LogP contribution in [0.3, 0.4) is 0 Å². The van der Waals surface area contributed by atoms with Crippen molar-refractivity contribution in [3.63, 3.8) is 0 Å². The van der Waals surface area contributed by atoms with Crippen LogP contribution in [0, 0.1) is 22.0 Å². The highest BCUT2D eigenvalue weighted by atomic mass is 16.6. The summed E-state index contributed by atoms with van der Waals surface area (Å²) in [6.45, 7) is 5.22. The molecule has 1 aliphatic heterocycles. The number of nitrogens with zero attached hydrogens (tertiary/aromatic N) is 2. The molecule has 2 unspecified atom stereocenters. The van der Waals surface area contributed by atoms with Gasteiger partial charge in [-0.3, -0.25) is 19.7 Å². The molecule has 2 atom stereocenters. The number of nitro benzene ring substituents is 1. The van der Waals surface area contributed by atoms with Gasteiger partial charge in [0.15, 0.2) is 0 Å². The number of anilines is 1. The third kappa shape index (κ3) is 3.81. The van der Waals surface area contributed by atoms with Gasteiger partial charge in [0.1, 0.15) is 0 Å². The summed E-state index contributed by atoms with van der Waals surface area (Å²) in [5.74, 6) is -0.636. The fraction of sp³-hybridized carbons (Fsp3) is 0.467. The maximum atomic E-state index is 12.2. The third-order valence-electron chi connectivity index (χ3n) is 3.67. The molecule has 0 radical (unpaired) electrons. The quantitative estimate of drug-likeness (QED) is 0.514. The number of carbonyl (C=O) groups is 2. The van der Waals surface area contributed by atoms with E-state index in [1.165, 1.54) is 24.3 Å². The van der Waals surface area contributed by atoms with Gasteiger partial charge < -0.3 is 10.2 Å². The van der Waals surface area contributed by atoms with Gasteiger partial charge in [0.2, 0.25) is 0 Å². The molecule has 0 aliphatic carbocycles. The number of carbonyl (C=O) groups excluding carboxylic acids is 2. The van der Waals surface area contributed by atoms with Crippen molar-refractivity contribution in [2.75, 3.05) is 18.4 Å². The lowest BCUT2D eigenvalue weighted by atomic mass is 9.92. The Kier molecular flexibility index (Phi) is 4.75. The fourth-order valence-electron chi connectivity index (χ4n) is 2.85. The molecular formula is C15H19N3O4. The van der Waals surface area contributed by atoms with Crippen molar-refractivity contribution in [1.29, 1.82) is 0 Å². The smallest absolute Gasteiger partial charge is 0.313 e. The lowest BCUT2D eigenvalue weighted by Crippen LogP contribution is -2.47. The van der Waals surface area contributed by atoms with Crippen LogP contribution in [0.1, 0.15) is 20.3 Å². The number of nitrogens with one attached hydrogen (secondary N) is 1. The van der Waals surface area contributed by atoms with E-state index < -0.39 is 16.7 Å². The van der Waals surface area contributed by atoms with E-state index >= 15 is 0 Å². The van der Waals surface area contributed by atoms with Crippen LogP contribution < -0.4 is 5.32 Å². The summed E-state index contributed by atoms with van der Waals surface area (Å²) in [5, 5.41) is 13.1. The molecule has 1 aliphatic rings. The first-order chi connectivity index (χ1) is 10.4. The number of benzene rings is 1. The molecule has 1 aromatic carbocycles. The Balaban J connectivity index is 2.04. The highest BCUT2D eigenvalue weighted by molar-refractivity contribution is 6.39. The summed E-state index contributed by atoms with van der Waals surface area (Å²) < 4.78 is 0. The number of nitro groups is 1. The van der Waals surface area contributed by atoms with Crippen molar-refractivity contribution >= 4 is 23.2 Å². The molecule has 1 saturated heterocycles. The summed E-state index contributed by atoms with van der Waals surface area (Å²) >= 11 is 0. The number of non-ortho nitro benzene ring substituents is 1. The maximum absolute atomic E-state index is 12.2. The first-order valence-corrected chi connectivity index (χ1v) is 7.21. The van der Waals surface area contributed by atoms with E-state index in [0.29, 0.717) is 24.9 Å². The molecule has 0 spiro atoms. The highest BCUT2D eigenvalue weighted by Gasteiger charge is 2.29. The molecule has 1 N–H and O–H groups in total. The number of hydrogen-bond donors (Lipinski definition) is 1. The summed E-state index contributed by atoms with van der Waals surface area (Å²) in [4.78, 5) is 35.9. The van der Waals surface area contributed by atoms with E-state index in [0.717, 1.165) is 6.42 Å². The van der Waals surface area contributed by atoms with Gasteiger partial charge in [0, 0.05) is 30.9 Å². The Morgan fingerprint density at radius 3 is 2.50 bits per heavy atom. The highest BCUT2D eigenvalue weighted by Crippen LogP contribution is 2.21. The SMILES string of the molecule is CC1CC(C)CN(C(=O)C(=O)Nc2cccc([N+](=O)[O-])c2)C1. The molecule has 7 nitrogen and oxygen atoms in total. The Bertz CT molecular complexity index is 592. The molecule has 0 saturated carbocycles. The Morgan fingerprint density at radius 2 is 1.91 bits per heavy atom. The van der Waals surface area contributed by atoms with Gasteiger partial charge >= 0.3 is 11.8 Å². The second kappa shape index (κ2) is 6.55. The van der Waals surface area contributed by atoms with Crippen LogP contribution >= 0.6 is 0 Å². The molecule has 1 fully saturated rings. The molecule has 2 amide bonds. The average molecular weight is 305 g/mol. The lowest BCUT2D eigenvalue weighted by Gasteiger charge is -2.34. The number of likely N-dealkylation sites (tertiary alicyclic amines) is 1. The molecule has 0 aromatic heterocycles. The standard InChI is InChI=1S/C15H19N3O4/c1-10-6-11(2)9-17(8-10)15(20)14(19)16-12-4-3-5-13(7-12)18(21)22/h3-5,7,10-11H,6,8-9H2,1-2H3,(H,16,19). The van der Waals surface area contributed by atoms with E-state index in [1.807, 2.05) is 0 Å². The van der Waals surface area contributed by atoms with Gasteiger partial charge in [-0.25, -0.2) is 0 Å². The van der Waals surface area contributed by atoms with Gasteiger partial charge in [0.25, 0.3) is 5.69 Å². The number of rotatable bonds is 2. The summed E-state index contributed by atoms with van der Waals surface area (Å²) in [7, 11) is 0. The van der Waals surface area contributed by atoms with Gasteiger partial charge in [-0.1, -0.05) is 19.9 Å². The normalized spacial score (nSPS) is 21.3. The van der Waals surface area contributed by atoms with Crippen LogP contribution in [0.15, 0.2) is 24.3 Å². The van der Waals surface area contributed by atoms with E-state index in [2.05, 4.69) is 19.2 Å². The van der Waals surface area contributed by atoms with Gasteiger partial charge in [0.05, 0.1) is 4.92 Å². The molecule has 2 rings (SSSR count). The summed E-state index contributed by atoms with van der Waals surface area (Å²) in [5.41, 5.74) is 0.108. The molecule has 0 bridgehead atoms. The monoisotopic (exact) mass is 305 g/mol. The molecule has 1 aromatic rings. The second-order valence-corrected chi connectivity index (χ2v) is 5.92. The zero-order valence-electron chi connectivity index (χ0n) is 12.6. The van der Waals surface area contributed by atoms with Crippen molar-refractivity contribution in [1.82, 2.24) is 4.90 Å². The molecule has 7 heteroatoms. The van der Waals surface area contributed by atoms with Crippen LogP contribution in [-0.2, 0) is 9.59 Å². The third-order valence-corrected chi connectivity index (χ3v) is 3.67. The van der Waals surface area contributed by atoms with Crippen LogP contribution in [0.2, 0.25) is 0 Å². The van der Waals surface area contributed by atoms with E-state index in [9.17, 15) is 19.7 Å². The van der Waals surface area contributed by atoms with Crippen molar-refractivity contribution in [2.24, 2.45) is 11.8 Å². The number of hydrogen-bond acceptors (Lipinski definition) is 4. The van der Waals surface area contributed by atoms with E-state index in [1.54, 1.807) is 4.90 Å². The topological polar surface area (TPSA) is 92.6 Å². The van der Waals surface area contributed by atoms with Gasteiger partial charge in [-0.05, 0) is 24.3 Å². The summed E-state index contributed by atoms with van der Waals surface area (Å²) in [6, 6.07) is 5.53. The zero-order chi connectivity index (χ0) is 16.3. The van der Waals surface area contributed by atoms with Crippen molar-refractivity contribution in [3.05, 3.63) is 34.4 Å². The molecule has 1 heterocycles. The van der Waals surface area contributed by atoms with Crippen LogP contribution in [0.5, 0.6) is 0 Å². The first kappa shape index (κ1) is 15.9. The molecule has 118 valence electrons.